The highest BCUT2D eigenvalue weighted by atomic mass is 16.5. The van der Waals surface area contributed by atoms with Gasteiger partial charge in [0.15, 0.2) is 0 Å². The first-order valence-corrected chi connectivity index (χ1v) is 8.03. The average Bonchev–Trinajstić information content (AvgIpc) is 2.35. The fourth-order valence-electron chi connectivity index (χ4n) is 2.72. The van der Waals surface area contributed by atoms with E-state index in [1.165, 1.54) is 16.7 Å². The maximum absolute atomic E-state index is 12.3. The number of carbonyl (C=O) groups excluding carboxylic acids is 1. The Balaban J connectivity index is 3.47. The SMILES string of the molecule is CC(C)OC(=O)c1cc(C(C)C)c(C(C)C)c(C(C)C)c1. The van der Waals surface area contributed by atoms with Crippen LogP contribution in [0, 0.1) is 0 Å². The molecule has 1 aromatic rings. The van der Waals surface area contributed by atoms with Gasteiger partial charge in [-0.2, -0.15) is 0 Å². The Bertz CT molecular complexity index is 467. The topological polar surface area (TPSA) is 26.3 Å². The molecule has 0 heterocycles. The molecule has 0 aliphatic rings. The van der Waals surface area contributed by atoms with Crippen LogP contribution in [0.25, 0.3) is 0 Å². The van der Waals surface area contributed by atoms with Crippen LogP contribution in [0.3, 0.4) is 0 Å². The van der Waals surface area contributed by atoms with E-state index in [0.717, 1.165) is 0 Å². The number of hydrogen-bond donors (Lipinski definition) is 0. The predicted molar refractivity (Wildman–Crippen MR) is 89.3 cm³/mol. The largest absolute Gasteiger partial charge is 0.459 e. The standard InChI is InChI=1S/C19H30O2/c1-11(2)16-9-15(19(20)21-14(7)8)10-17(12(3)4)18(16)13(5)6/h9-14H,1-8H3. The van der Waals surface area contributed by atoms with Crippen LogP contribution in [-0.2, 0) is 4.74 Å². The summed E-state index contributed by atoms with van der Waals surface area (Å²) < 4.78 is 5.37. The van der Waals surface area contributed by atoms with Gasteiger partial charge in [-0.05, 0) is 60.4 Å². The van der Waals surface area contributed by atoms with Gasteiger partial charge in [0.25, 0.3) is 0 Å². The van der Waals surface area contributed by atoms with E-state index < -0.39 is 0 Å². The molecule has 2 heteroatoms. The Hall–Kier alpha value is -1.31. The fourth-order valence-corrected chi connectivity index (χ4v) is 2.72. The second-order valence-electron chi connectivity index (χ2n) is 6.99. The van der Waals surface area contributed by atoms with Crippen LogP contribution in [0.1, 0.15) is 100 Å². The highest BCUT2D eigenvalue weighted by Gasteiger charge is 2.21. The summed E-state index contributed by atoms with van der Waals surface area (Å²) in [7, 11) is 0. The molecule has 0 saturated carbocycles. The molecular formula is C19H30O2. The Morgan fingerprint density at radius 3 is 1.52 bits per heavy atom. The summed E-state index contributed by atoms with van der Waals surface area (Å²) in [6.45, 7) is 16.9. The van der Waals surface area contributed by atoms with Gasteiger partial charge in [0.2, 0.25) is 0 Å². The molecule has 0 fully saturated rings. The summed E-state index contributed by atoms with van der Waals surface area (Å²) in [6.07, 6.45) is -0.0905. The Morgan fingerprint density at radius 2 is 1.24 bits per heavy atom. The second-order valence-corrected chi connectivity index (χ2v) is 6.99. The van der Waals surface area contributed by atoms with Crippen LogP contribution < -0.4 is 0 Å². The molecule has 0 aliphatic heterocycles. The van der Waals surface area contributed by atoms with Crippen LogP contribution in [0.5, 0.6) is 0 Å². The lowest BCUT2D eigenvalue weighted by Crippen LogP contribution is -2.14. The minimum absolute atomic E-state index is 0.0905. The minimum Gasteiger partial charge on any atom is -0.459 e. The second kappa shape index (κ2) is 7.11. The van der Waals surface area contributed by atoms with Crippen molar-refractivity contribution in [2.45, 2.75) is 79.2 Å². The van der Waals surface area contributed by atoms with Gasteiger partial charge < -0.3 is 4.74 Å². The lowest BCUT2D eigenvalue weighted by molar-refractivity contribution is 0.0377. The van der Waals surface area contributed by atoms with Crippen molar-refractivity contribution >= 4 is 5.97 Å². The molecule has 1 rings (SSSR count). The van der Waals surface area contributed by atoms with Gasteiger partial charge in [-0.3, -0.25) is 0 Å². The quantitative estimate of drug-likeness (QED) is 0.658. The van der Waals surface area contributed by atoms with E-state index in [-0.39, 0.29) is 12.1 Å². The molecule has 21 heavy (non-hydrogen) atoms. The summed E-state index contributed by atoms with van der Waals surface area (Å²) in [5.41, 5.74) is 4.61. The number of benzene rings is 1. The molecule has 0 amide bonds. The lowest BCUT2D eigenvalue weighted by Gasteiger charge is -2.24. The summed E-state index contributed by atoms with van der Waals surface area (Å²) in [5.74, 6) is 1.03. The summed E-state index contributed by atoms with van der Waals surface area (Å²) in [6, 6.07) is 4.05. The van der Waals surface area contributed by atoms with Gasteiger partial charge in [-0.25, -0.2) is 4.79 Å². The van der Waals surface area contributed by atoms with Crippen molar-refractivity contribution in [3.8, 4) is 0 Å². The van der Waals surface area contributed by atoms with Gasteiger partial charge in [0, 0.05) is 0 Å². The average molecular weight is 290 g/mol. The summed E-state index contributed by atoms with van der Waals surface area (Å²) >= 11 is 0. The molecule has 118 valence electrons. The van der Waals surface area contributed by atoms with E-state index >= 15 is 0 Å². The first kappa shape index (κ1) is 17.7. The number of ether oxygens (including phenoxy) is 1. The lowest BCUT2D eigenvalue weighted by atomic mass is 9.82. The normalized spacial score (nSPS) is 11.8. The molecule has 0 aliphatic carbocycles. The van der Waals surface area contributed by atoms with Gasteiger partial charge in [-0.15, -0.1) is 0 Å². The van der Waals surface area contributed by atoms with E-state index in [1.54, 1.807) is 0 Å². The van der Waals surface area contributed by atoms with Gasteiger partial charge in [0.05, 0.1) is 11.7 Å². The third-order valence-corrected chi connectivity index (χ3v) is 3.64. The smallest absolute Gasteiger partial charge is 0.338 e. The van der Waals surface area contributed by atoms with Crippen LogP contribution in [0.4, 0.5) is 0 Å². The molecule has 0 aromatic heterocycles. The third kappa shape index (κ3) is 4.33. The molecule has 2 nitrogen and oxygen atoms in total. The molecular weight excluding hydrogens is 260 g/mol. The van der Waals surface area contributed by atoms with Gasteiger partial charge in [-0.1, -0.05) is 41.5 Å². The van der Waals surface area contributed by atoms with E-state index in [0.29, 0.717) is 23.3 Å². The molecule has 1 aromatic carbocycles. The first-order valence-electron chi connectivity index (χ1n) is 8.03. The highest BCUT2D eigenvalue weighted by molar-refractivity contribution is 5.90. The van der Waals surface area contributed by atoms with Crippen molar-refractivity contribution in [1.82, 2.24) is 0 Å². The van der Waals surface area contributed by atoms with Crippen LogP contribution in [0.15, 0.2) is 12.1 Å². The molecule has 0 saturated heterocycles. The number of rotatable bonds is 5. The minimum atomic E-state index is -0.218. The molecule has 0 radical (unpaired) electrons. The maximum Gasteiger partial charge on any atom is 0.338 e. The van der Waals surface area contributed by atoms with Crippen LogP contribution in [-0.4, -0.2) is 12.1 Å². The maximum atomic E-state index is 12.3. The zero-order valence-corrected chi connectivity index (χ0v) is 14.8. The molecule has 0 unspecified atom stereocenters. The Labute approximate surface area is 129 Å². The fraction of sp³-hybridized carbons (Fsp3) is 0.632. The molecule has 0 bridgehead atoms. The van der Waals surface area contributed by atoms with Crippen LogP contribution in [0.2, 0.25) is 0 Å². The van der Waals surface area contributed by atoms with Crippen molar-refractivity contribution < 1.29 is 9.53 Å². The number of esters is 1. The predicted octanol–water partition coefficient (Wildman–Crippen LogP) is 5.62. The van der Waals surface area contributed by atoms with E-state index in [2.05, 4.69) is 41.5 Å². The zero-order chi connectivity index (χ0) is 16.3. The molecule has 0 N–H and O–H groups in total. The van der Waals surface area contributed by atoms with Crippen molar-refractivity contribution in [2.75, 3.05) is 0 Å². The van der Waals surface area contributed by atoms with E-state index in [4.69, 9.17) is 4.74 Å². The van der Waals surface area contributed by atoms with Crippen molar-refractivity contribution in [2.24, 2.45) is 0 Å². The summed E-state index contributed by atoms with van der Waals surface area (Å²) in [5, 5.41) is 0. The van der Waals surface area contributed by atoms with Gasteiger partial charge in [0.1, 0.15) is 0 Å². The number of carbonyl (C=O) groups is 1. The van der Waals surface area contributed by atoms with Crippen molar-refractivity contribution in [3.63, 3.8) is 0 Å². The van der Waals surface area contributed by atoms with Crippen molar-refractivity contribution in [1.29, 1.82) is 0 Å². The molecule has 0 spiro atoms. The van der Waals surface area contributed by atoms with Crippen molar-refractivity contribution in [3.05, 3.63) is 34.4 Å². The third-order valence-electron chi connectivity index (χ3n) is 3.64. The highest BCUT2D eigenvalue weighted by Crippen LogP contribution is 2.34. The Morgan fingerprint density at radius 1 is 0.810 bits per heavy atom. The van der Waals surface area contributed by atoms with E-state index in [9.17, 15) is 4.79 Å². The van der Waals surface area contributed by atoms with E-state index in [1.807, 2.05) is 26.0 Å². The zero-order valence-electron chi connectivity index (χ0n) is 14.8. The monoisotopic (exact) mass is 290 g/mol. The summed E-state index contributed by atoms with van der Waals surface area (Å²) in [4.78, 5) is 12.3. The first-order chi connectivity index (χ1) is 9.65. The number of hydrogen-bond acceptors (Lipinski definition) is 2. The van der Waals surface area contributed by atoms with Crippen LogP contribution >= 0.6 is 0 Å². The Kier molecular flexibility index (Phi) is 6.00. The molecule has 0 atom stereocenters. The van der Waals surface area contributed by atoms with Gasteiger partial charge >= 0.3 is 5.97 Å².